The molecule has 0 bridgehead atoms. The van der Waals surface area contributed by atoms with Crippen LogP contribution in [0.15, 0.2) is 217 Å². The van der Waals surface area contributed by atoms with Crippen LogP contribution < -0.4 is 4.90 Å². The number of para-hydroxylation sites is 3. The predicted octanol–water partition coefficient (Wildman–Crippen LogP) is 16.0. The van der Waals surface area contributed by atoms with E-state index >= 15 is 0 Å². The van der Waals surface area contributed by atoms with Gasteiger partial charge in [-0.05, 0) is 74.3 Å². The second-order valence-electron chi connectivity index (χ2n) is 16.0. The fourth-order valence-electron chi connectivity index (χ4n) is 9.69. The molecule has 280 valence electrons. The van der Waals surface area contributed by atoms with Crippen molar-refractivity contribution in [2.45, 2.75) is 19.3 Å². The molecule has 0 atom stereocenters. The molecule has 0 radical (unpaired) electrons. The van der Waals surface area contributed by atoms with Gasteiger partial charge in [0.15, 0.2) is 0 Å². The van der Waals surface area contributed by atoms with Crippen LogP contribution in [0, 0.1) is 0 Å². The topological polar surface area (TPSA) is 16.4 Å². The van der Waals surface area contributed by atoms with Crippen molar-refractivity contribution in [3.8, 4) is 55.6 Å². The third kappa shape index (κ3) is 5.56. The average Bonchev–Trinajstić information content (AvgIpc) is 3.80. The van der Waals surface area contributed by atoms with Gasteiger partial charge in [-0.25, -0.2) is 0 Å². The first-order valence-corrected chi connectivity index (χ1v) is 20.4. The number of hydrogen-bond acceptors (Lipinski definition) is 2. The minimum Gasteiger partial charge on any atom is -0.455 e. The molecule has 9 aromatic carbocycles. The summed E-state index contributed by atoms with van der Waals surface area (Å²) in [7, 11) is 0. The maximum Gasteiger partial charge on any atom is 0.143 e. The van der Waals surface area contributed by atoms with E-state index in [9.17, 15) is 0 Å². The molecule has 0 unspecified atom stereocenters. The smallest absolute Gasteiger partial charge is 0.143 e. The molecule has 10 aromatic rings. The Bertz CT molecular complexity index is 3190. The predicted molar refractivity (Wildman–Crippen MR) is 248 cm³/mol. The van der Waals surface area contributed by atoms with Crippen molar-refractivity contribution >= 4 is 39.0 Å². The summed E-state index contributed by atoms with van der Waals surface area (Å²) >= 11 is 0. The minimum atomic E-state index is -0.270. The Morgan fingerprint density at radius 1 is 0.356 bits per heavy atom. The number of furan rings is 1. The van der Waals surface area contributed by atoms with Crippen molar-refractivity contribution in [1.82, 2.24) is 0 Å². The molecule has 1 aliphatic carbocycles. The van der Waals surface area contributed by atoms with E-state index < -0.39 is 0 Å². The van der Waals surface area contributed by atoms with Crippen LogP contribution in [-0.2, 0) is 5.41 Å². The zero-order valence-corrected chi connectivity index (χ0v) is 33.1. The van der Waals surface area contributed by atoms with Gasteiger partial charge in [-0.2, -0.15) is 0 Å². The van der Waals surface area contributed by atoms with Gasteiger partial charge in [0, 0.05) is 32.9 Å². The Kier molecular flexibility index (Phi) is 8.20. The van der Waals surface area contributed by atoms with E-state index in [1.165, 1.54) is 55.6 Å². The molecule has 0 saturated carbocycles. The molecule has 0 aliphatic heterocycles. The first-order chi connectivity index (χ1) is 29.1. The van der Waals surface area contributed by atoms with Crippen LogP contribution in [0.1, 0.15) is 25.0 Å². The molecule has 59 heavy (non-hydrogen) atoms. The number of anilines is 3. The molecule has 2 nitrogen and oxygen atoms in total. The first-order valence-electron chi connectivity index (χ1n) is 20.4. The molecule has 11 rings (SSSR count). The van der Waals surface area contributed by atoms with Gasteiger partial charge in [-0.1, -0.05) is 202 Å². The molecule has 0 N–H and O–H groups in total. The largest absolute Gasteiger partial charge is 0.455 e. The lowest BCUT2D eigenvalue weighted by molar-refractivity contribution is 0.661. The lowest BCUT2D eigenvalue weighted by atomic mass is 9.81. The first kappa shape index (κ1) is 34.8. The van der Waals surface area contributed by atoms with Gasteiger partial charge in [0.1, 0.15) is 11.2 Å². The zero-order chi connectivity index (χ0) is 39.5. The van der Waals surface area contributed by atoms with Gasteiger partial charge in [-0.15, -0.1) is 0 Å². The van der Waals surface area contributed by atoms with Gasteiger partial charge in [-0.3, -0.25) is 0 Å². The van der Waals surface area contributed by atoms with Gasteiger partial charge < -0.3 is 9.32 Å². The van der Waals surface area contributed by atoms with Crippen molar-refractivity contribution in [3.63, 3.8) is 0 Å². The second kappa shape index (κ2) is 13.9. The van der Waals surface area contributed by atoms with E-state index in [1.807, 2.05) is 6.07 Å². The fraction of sp³-hybridized carbons (Fsp3) is 0.0526. The Hall–Kier alpha value is -7.42. The van der Waals surface area contributed by atoms with Crippen LogP contribution in [0.3, 0.4) is 0 Å². The Morgan fingerprint density at radius 3 is 1.64 bits per heavy atom. The monoisotopic (exact) mass is 755 g/mol. The summed E-state index contributed by atoms with van der Waals surface area (Å²) < 4.78 is 6.75. The summed E-state index contributed by atoms with van der Waals surface area (Å²) in [5.41, 5.74) is 19.2. The highest BCUT2D eigenvalue weighted by Gasteiger charge is 2.39. The van der Waals surface area contributed by atoms with Crippen LogP contribution in [0.2, 0.25) is 0 Å². The third-order valence-electron chi connectivity index (χ3n) is 12.3. The average molecular weight is 756 g/mol. The number of fused-ring (bicyclic) bond motifs is 6. The van der Waals surface area contributed by atoms with Crippen LogP contribution in [0.25, 0.3) is 77.6 Å². The van der Waals surface area contributed by atoms with Crippen molar-refractivity contribution < 1.29 is 4.42 Å². The summed E-state index contributed by atoms with van der Waals surface area (Å²) in [6, 6.07) is 76.9. The zero-order valence-electron chi connectivity index (χ0n) is 33.1. The summed E-state index contributed by atoms with van der Waals surface area (Å²) in [5, 5.41) is 2.23. The second-order valence-corrected chi connectivity index (χ2v) is 16.0. The van der Waals surface area contributed by atoms with Crippen LogP contribution >= 0.6 is 0 Å². The van der Waals surface area contributed by atoms with Crippen molar-refractivity contribution in [1.29, 1.82) is 0 Å². The van der Waals surface area contributed by atoms with Crippen molar-refractivity contribution in [2.75, 3.05) is 4.90 Å². The molecule has 2 heteroatoms. The van der Waals surface area contributed by atoms with Gasteiger partial charge in [0.05, 0.1) is 17.1 Å². The van der Waals surface area contributed by atoms with Crippen LogP contribution in [0.4, 0.5) is 17.1 Å². The molecule has 0 spiro atoms. The van der Waals surface area contributed by atoms with Crippen LogP contribution in [0.5, 0.6) is 0 Å². The SMILES string of the molecule is CC1(C)c2ccccc2-c2cccc(N(c3ccccc3-c3cccc4c3oc3ccccc34)c3cccc(-c4ccccc4)c3-c3ccccc3-c3ccccc3)c21. The summed E-state index contributed by atoms with van der Waals surface area (Å²) in [6.45, 7) is 4.76. The Labute approximate surface area is 345 Å². The number of benzene rings is 9. The highest BCUT2D eigenvalue weighted by Crippen LogP contribution is 2.57. The Morgan fingerprint density at radius 2 is 0.864 bits per heavy atom. The summed E-state index contributed by atoms with van der Waals surface area (Å²) in [5.74, 6) is 0. The quantitative estimate of drug-likeness (QED) is 0.161. The molecule has 1 aliphatic rings. The molecular formula is C57H41NO. The van der Waals surface area contributed by atoms with Crippen molar-refractivity contribution in [3.05, 3.63) is 223 Å². The maximum atomic E-state index is 6.75. The molecule has 0 fully saturated rings. The maximum absolute atomic E-state index is 6.75. The highest BCUT2D eigenvalue weighted by atomic mass is 16.3. The van der Waals surface area contributed by atoms with E-state index in [0.717, 1.165) is 50.1 Å². The number of rotatable bonds is 7. The van der Waals surface area contributed by atoms with E-state index in [0.29, 0.717) is 0 Å². The van der Waals surface area contributed by atoms with Crippen LogP contribution in [-0.4, -0.2) is 0 Å². The summed E-state index contributed by atoms with van der Waals surface area (Å²) in [4.78, 5) is 2.55. The molecule has 0 amide bonds. The van der Waals surface area contributed by atoms with Crippen molar-refractivity contribution in [2.24, 2.45) is 0 Å². The van der Waals surface area contributed by atoms with E-state index in [4.69, 9.17) is 4.42 Å². The third-order valence-corrected chi connectivity index (χ3v) is 12.3. The van der Waals surface area contributed by atoms with Gasteiger partial charge in [0.25, 0.3) is 0 Å². The Balaban J connectivity index is 1.27. The lowest BCUT2D eigenvalue weighted by Crippen LogP contribution is -2.21. The summed E-state index contributed by atoms with van der Waals surface area (Å²) in [6.07, 6.45) is 0. The van der Waals surface area contributed by atoms with Gasteiger partial charge >= 0.3 is 0 Å². The van der Waals surface area contributed by atoms with E-state index in [-0.39, 0.29) is 5.41 Å². The van der Waals surface area contributed by atoms with E-state index in [1.54, 1.807) is 0 Å². The van der Waals surface area contributed by atoms with Gasteiger partial charge in [0.2, 0.25) is 0 Å². The minimum absolute atomic E-state index is 0.270. The number of hydrogen-bond donors (Lipinski definition) is 0. The molecule has 0 saturated heterocycles. The highest BCUT2D eigenvalue weighted by molar-refractivity contribution is 6.11. The molecule has 1 heterocycles. The van der Waals surface area contributed by atoms with E-state index in [2.05, 4.69) is 225 Å². The molecule has 1 aromatic heterocycles. The lowest BCUT2D eigenvalue weighted by Gasteiger charge is -2.35. The standard InChI is InChI=1S/C57H41NO/c1-57(2)49-33-14-11-25-42(49)46-30-19-36-52(55(46)57)58(50-34-15-12-26-43(50)47-31-17-32-48-44-27-13-16-37-53(44)59-56(47)48)51-35-18-29-41(39-22-7-4-8-23-39)54(51)45-28-10-9-24-40(45)38-20-5-3-6-21-38/h3-37H,1-2H3. The molecular weight excluding hydrogens is 715 g/mol. The number of nitrogens with zero attached hydrogens (tertiary/aromatic N) is 1. The fourth-order valence-corrected chi connectivity index (χ4v) is 9.69. The normalized spacial score (nSPS) is 12.7.